The van der Waals surface area contributed by atoms with Crippen molar-refractivity contribution in [1.29, 1.82) is 0 Å². The van der Waals surface area contributed by atoms with Crippen LogP contribution in [0.4, 0.5) is 0 Å². The highest BCUT2D eigenvalue weighted by Crippen LogP contribution is 2.36. The Bertz CT molecular complexity index is 3180. The van der Waals surface area contributed by atoms with Gasteiger partial charge in [0.25, 0.3) is 0 Å². The first-order valence-electron chi connectivity index (χ1n) is 18.0. The van der Waals surface area contributed by atoms with Gasteiger partial charge < -0.3 is 8.83 Å². The van der Waals surface area contributed by atoms with Crippen LogP contribution in [0.25, 0.3) is 111 Å². The fourth-order valence-electron chi connectivity index (χ4n) is 7.47. The van der Waals surface area contributed by atoms with Crippen LogP contribution in [0.15, 0.2) is 185 Å². The average Bonchev–Trinajstić information content (AvgIpc) is 3.84. The molecule has 3 aromatic heterocycles. The lowest BCUT2D eigenvalue weighted by Gasteiger charge is -2.10. The maximum atomic E-state index is 6.32. The Kier molecular flexibility index (Phi) is 6.79. The lowest BCUT2D eigenvalue weighted by Crippen LogP contribution is -2.00. The van der Waals surface area contributed by atoms with Crippen molar-refractivity contribution in [2.24, 2.45) is 0 Å². The predicted molar refractivity (Wildman–Crippen MR) is 219 cm³/mol. The zero-order valence-corrected chi connectivity index (χ0v) is 28.9. The van der Waals surface area contributed by atoms with Crippen molar-refractivity contribution in [3.63, 3.8) is 0 Å². The van der Waals surface area contributed by atoms with E-state index in [2.05, 4.69) is 140 Å². The molecule has 8 aromatic carbocycles. The van der Waals surface area contributed by atoms with Crippen molar-refractivity contribution in [3.05, 3.63) is 176 Å². The summed E-state index contributed by atoms with van der Waals surface area (Å²) < 4.78 is 12.5. The van der Waals surface area contributed by atoms with E-state index in [1.54, 1.807) is 0 Å². The van der Waals surface area contributed by atoms with Gasteiger partial charge in [-0.1, -0.05) is 121 Å². The third-order valence-corrected chi connectivity index (χ3v) is 10.3. The zero-order chi connectivity index (χ0) is 35.6. The molecule has 0 spiro atoms. The molecule has 5 nitrogen and oxygen atoms in total. The van der Waals surface area contributed by atoms with E-state index in [4.69, 9.17) is 23.8 Å². The fourth-order valence-corrected chi connectivity index (χ4v) is 7.47. The Balaban J connectivity index is 1.04. The van der Waals surface area contributed by atoms with Gasteiger partial charge in [0.15, 0.2) is 17.5 Å². The average molecular weight is 692 g/mol. The molecule has 0 N–H and O–H groups in total. The highest BCUT2D eigenvalue weighted by molar-refractivity contribution is 6.11. The zero-order valence-electron chi connectivity index (χ0n) is 28.9. The van der Waals surface area contributed by atoms with Crippen LogP contribution in [-0.4, -0.2) is 15.0 Å². The minimum Gasteiger partial charge on any atom is -0.456 e. The third-order valence-electron chi connectivity index (χ3n) is 10.3. The number of benzene rings is 8. The number of aromatic nitrogens is 3. The third kappa shape index (κ3) is 5.22. The summed E-state index contributed by atoms with van der Waals surface area (Å²) in [6, 6.07) is 60.6. The second-order valence-electron chi connectivity index (χ2n) is 13.7. The molecule has 0 atom stereocenters. The van der Waals surface area contributed by atoms with E-state index in [1.807, 2.05) is 36.4 Å². The molecule has 0 bridgehead atoms. The smallest absolute Gasteiger partial charge is 0.164 e. The van der Waals surface area contributed by atoms with Gasteiger partial charge in [0, 0.05) is 38.4 Å². The largest absolute Gasteiger partial charge is 0.456 e. The van der Waals surface area contributed by atoms with Crippen molar-refractivity contribution in [2.45, 2.75) is 0 Å². The molecule has 11 aromatic rings. The Morgan fingerprint density at radius 2 is 0.815 bits per heavy atom. The molecule has 0 radical (unpaired) electrons. The standard InChI is InChI=1S/C49H29N3O2/c1-2-8-30(9-3-1)35-18-19-37-25-39(21-20-36(37)24-35)48-50-47(32-16-14-31(15-17-32)45-29-38-12-6-7-13-43(38)53-45)51-49(52-48)40-22-23-44-41(27-40)42-26-33-10-4-5-11-34(33)28-46(42)54-44/h1-29H. The number of fused-ring (bicyclic) bond motifs is 6. The molecular formula is C49H29N3O2. The SMILES string of the molecule is c1ccc(-c2ccc3cc(-c4nc(-c5ccc(-c6cc7ccccc7o6)cc5)nc(-c5ccc6oc7cc8ccccc8cc7c6c5)n4)ccc3c2)cc1. The van der Waals surface area contributed by atoms with Crippen LogP contribution in [0.1, 0.15) is 0 Å². The number of hydrogen-bond donors (Lipinski definition) is 0. The molecule has 5 heteroatoms. The summed E-state index contributed by atoms with van der Waals surface area (Å²) in [6.07, 6.45) is 0. The molecule has 0 saturated heterocycles. The maximum absolute atomic E-state index is 6.32. The molecular weight excluding hydrogens is 663 g/mol. The van der Waals surface area contributed by atoms with Gasteiger partial charge in [-0.05, 0) is 87.3 Å². The maximum Gasteiger partial charge on any atom is 0.164 e. The van der Waals surface area contributed by atoms with Crippen LogP contribution in [0, 0.1) is 0 Å². The van der Waals surface area contributed by atoms with Gasteiger partial charge in [-0.3, -0.25) is 0 Å². The first kappa shape index (κ1) is 30.3. The van der Waals surface area contributed by atoms with Gasteiger partial charge in [0.05, 0.1) is 0 Å². The minimum absolute atomic E-state index is 0.591. The second-order valence-corrected chi connectivity index (χ2v) is 13.7. The van der Waals surface area contributed by atoms with Crippen molar-refractivity contribution < 1.29 is 8.83 Å². The molecule has 0 aliphatic heterocycles. The van der Waals surface area contributed by atoms with E-state index in [0.717, 1.165) is 77.1 Å². The molecule has 0 amide bonds. The summed E-state index contributed by atoms with van der Waals surface area (Å²) in [6.45, 7) is 0. The number of hydrogen-bond acceptors (Lipinski definition) is 5. The van der Waals surface area contributed by atoms with Crippen LogP contribution >= 0.6 is 0 Å². The Labute approximate surface area is 309 Å². The monoisotopic (exact) mass is 691 g/mol. The van der Waals surface area contributed by atoms with Gasteiger partial charge in [-0.25, -0.2) is 15.0 Å². The molecule has 0 saturated carbocycles. The van der Waals surface area contributed by atoms with E-state index in [1.165, 1.54) is 16.5 Å². The first-order chi connectivity index (χ1) is 26.7. The van der Waals surface area contributed by atoms with E-state index < -0.39 is 0 Å². The van der Waals surface area contributed by atoms with E-state index in [9.17, 15) is 0 Å². The second kappa shape index (κ2) is 12.1. The number of rotatable bonds is 5. The normalized spacial score (nSPS) is 11.7. The van der Waals surface area contributed by atoms with Crippen molar-refractivity contribution >= 4 is 54.5 Å². The molecule has 54 heavy (non-hydrogen) atoms. The van der Waals surface area contributed by atoms with Crippen LogP contribution in [0.5, 0.6) is 0 Å². The van der Waals surface area contributed by atoms with E-state index >= 15 is 0 Å². The van der Waals surface area contributed by atoms with Crippen molar-refractivity contribution in [3.8, 4) is 56.6 Å². The first-order valence-corrected chi connectivity index (χ1v) is 18.0. The number of furan rings is 2. The van der Waals surface area contributed by atoms with Crippen LogP contribution in [-0.2, 0) is 0 Å². The van der Waals surface area contributed by atoms with Gasteiger partial charge in [0.2, 0.25) is 0 Å². The molecule has 0 aliphatic rings. The predicted octanol–water partition coefficient (Wildman–Crippen LogP) is 13.2. The Hall–Kier alpha value is -7.37. The lowest BCUT2D eigenvalue weighted by atomic mass is 10.00. The highest BCUT2D eigenvalue weighted by Gasteiger charge is 2.16. The van der Waals surface area contributed by atoms with Crippen molar-refractivity contribution in [1.82, 2.24) is 15.0 Å². The summed E-state index contributed by atoms with van der Waals surface area (Å²) in [4.78, 5) is 15.3. The summed E-state index contributed by atoms with van der Waals surface area (Å²) in [5, 5.41) is 7.74. The molecule has 11 rings (SSSR count). The molecule has 0 aliphatic carbocycles. The summed E-state index contributed by atoms with van der Waals surface area (Å²) in [5.74, 6) is 2.61. The quantitative estimate of drug-likeness (QED) is 0.180. The molecule has 252 valence electrons. The Morgan fingerprint density at radius 3 is 1.57 bits per heavy atom. The molecule has 0 unspecified atom stereocenters. The highest BCUT2D eigenvalue weighted by atomic mass is 16.3. The van der Waals surface area contributed by atoms with Gasteiger partial charge >= 0.3 is 0 Å². The summed E-state index contributed by atoms with van der Waals surface area (Å²) in [7, 11) is 0. The van der Waals surface area contributed by atoms with Gasteiger partial charge in [-0.15, -0.1) is 0 Å². The Morgan fingerprint density at radius 1 is 0.278 bits per heavy atom. The van der Waals surface area contributed by atoms with E-state index in [-0.39, 0.29) is 0 Å². The summed E-state index contributed by atoms with van der Waals surface area (Å²) in [5.41, 5.74) is 8.59. The number of para-hydroxylation sites is 1. The van der Waals surface area contributed by atoms with Crippen molar-refractivity contribution in [2.75, 3.05) is 0 Å². The number of nitrogens with zero attached hydrogens (tertiary/aromatic N) is 3. The molecule has 3 heterocycles. The van der Waals surface area contributed by atoms with E-state index in [0.29, 0.717) is 17.5 Å². The lowest BCUT2D eigenvalue weighted by molar-refractivity contribution is 0.631. The van der Waals surface area contributed by atoms with Gasteiger partial charge in [-0.2, -0.15) is 0 Å². The van der Waals surface area contributed by atoms with Crippen LogP contribution in [0.3, 0.4) is 0 Å². The fraction of sp³-hybridized carbons (Fsp3) is 0. The van der Waals surface area contributed by atoms with Crippen LogP contribution < -0.4 is 0 Å². The topological polar surface area (TPSA) is 65.0 Å². The van der Waals surface area contributed by atoms with Crippen LogP contribution in [0.2, 0.25) is 0 Å². The van der Waals surface area contributed by atoms with Gasteiger partial charge in [0.1, 0.15) is 22.5 Å². The molecule has 0 fully saturated rings. The minimum atomic E-state index is 0.591. The summed E-state index contributed by atoms with van der Waals surface area (Å²) >= 11 is 0.